The minimum absolute atomic E-state index is 0.113. The van der Waals surface area contributed by atoms with Crippen molar-refractivity contribution >= 4 is 0 Å². The number of aliphatic hydroxyl groups excluding tert-OH is 1. The van der Waals surface area contributed by atoms with E-state index in [9.17, 15) is 0 Å². The van der Waals surface area contributed by atoms with Crippen molar-refractivity contribution < 1.29 is 9.84 Å². The van der Waals surface area contributed by atoms with Crippen LogP contribution in [-0.2, 0) is 4.74 Å². The van der Waals surface area contributed by atoms with Crippen molar-refractivity contribution in [1.82, 2.24) is 0 Å². The fourth-order valence-electron chi connectivity index (χ4n) is 0.361. The normalized spacial score (nSPS) is 7.60. The molecule has 0 saturated heterocycles. The molecule has 0 rings (SSSR count). The predicted octanol–water partition coefficient (Wildman–Crippen LogP) is 0.0220. The van der Waals surface area contributed by atoms with Crippen LogP contribution >= 0.6 is 0 Å². The summed E-state index contributed by atoms with van der Waals surface area (Å²) < 4.78 is 4.95. The maximum absolute atomic E-state index is 8.21. The van der Waals surface area contributed by atoms with Gasteiger partial charge >= 0.3 is 0 Å². The molecule has 54 valence electrons. The van der Waals surface area contributed by atoms with Gasteiger partial charge < -0.3 is 9.84 Å². The van der Waals surface area contributed by atoms with E-state index in [2.05, 4.69) is 17.8 Å². The average Bonchev–Trinajstić information content (AvgIpc) is 1.97. The van der Waals surface area contributed by atoms with E-state index < -0.39 is 0 Å². The standard InChI is InChI=1S/C8H10O2/c1-2-3-7-10-8-5-4-6-9/h1,9H,3,6-8H2. The van der Waals surface area contributed by atoms with Crippen LogP contribution in [0.2, 0.25) is 0 Å². The molecule has 0 saturated carbocycles. The lowest BCUT2D eigenvalue weighted by molar-refractivity contribution is 0.173. The van der Waals surface area contributed by atoms with Gasteiger partial charge in [-0.25, -0.2) is 0 Å². The van der Waals surface area contributed by atoms with Crippen molar-refractivity contribution in [3.63, 3.8) is 0 Å². The van der Waals surface area contributed by atoms with Gasteiger partial charge in [0, 0.05) is 6.42 Å². The summed E-state index contributed by atoms with van der Waals surface area (Å²) in [6.07, 6.45) is 5.58. The summed E-state index contributed by atoms with van der Waals surface area (Å²) in [7, 11) is 0. The molecule has 0 aromatic heterocycles. The van der Waals surface area contributed by atoms with Crippen molar-refractivity contribution in [3.05, 3.63) is 0 Å². The lowest BCUT2D eigenvalue weighted by Crippen LogP contribution is -1.92. The van der Waals surface area contributed by atoms with Crippen molar-refractivity contribution in [1.29, 1.82) is 0 Å². The van der Waals surface area contributed by atoms with Gasteiger partial charge in [0.25, 0.3) is 0 Å². The second kappa shape index (κ2) is 8.04. The smallest absolute Gasteiger partial charge is 0.107 e. The molecule has 0 fully saturated rings. The third-order valence-electron chi connectivity index (χ3n) is 0.769. The van der Waals surface area contributed by atoms with Crippen LogP contribution in [0.4, 0.5) is 0 Å². The fraction of sp³-hybridized carbons (Fsp3) is 0.500. The molecule has 10 heavy (non-hydrogen) atoms. The Morgan fingerprint density at radius 3 is 2.80 bits per heavy atom. The van der Waals surface area contributed by atoms with Gasteiger partial charge in [-0.3, -0.25) is 0 Å². The molecule has 0 atom stereocenters. The average molecular weight is 138 g/mol. The van der Waals surface area contributed by atoms with Gasteiger partial charge in [-0.05, 0) is 0 Å². The van der Waals surface area contributed by atoms with E-state index in [0.717, 1.165) is 0 Å². The summed E-state index contributed by atoms with van der Waals surface area (Å²) in [5.41, 5.74) is 0. The zero-order chi connectivity index (χ0) is 7.66. The molecule has 0 aliphatic carbocycles. The monoisotopic (exact) mass is 138 g/mol. The van der Waals surface area contributed by atoms with Crippen LogP contribution in [-0.4, -0.2) is 24.9 Å². The minimum atomic E-state index is -0.113. The lowest BCUT2D eigenvalue weighted by atomic mass is 10.5. The van der Waals surface area contributed by atoms with Gasteiger partial charge in [0.05, 0.1) is 6.61 Å². The molecule has 0 aromatic carbocycles. The molecule has 0 spiro atoms. The summed E-state index contributed by atoms with van der Waals surface area (Å²) in [4.78, 5) is 0. The Labute approximate surface area is 61.2 Å². The van der Waals surface area contributed by atoms with Crippen LogP contribution < -0.4 is 0 Å². The van der Waals surface area contributed by atoms with E-state index >= 15 is 0 Å². The highest BCUT2D eigenvalue weighted by atomic mass is 16.5. The van der Waals surface area contributed by atoms with Crippen LogP contribution in [0.3, 0.4) is 0 Å². The molecule has 2 nitrogen and oxygen atoms in total. The van der Waals surface area contributed by atoms with Crippen molar-refractivity contribution in [3.8, 4) is 24.2 Å². The molecule has 0 aliphatic rings. The van der Waals surface area contributed by atoms with Gasteiger partial charge in [0.2, 0.25) is 0 Å². The summed E-state index contributed by atoms with van der Waals surface area (Å²) in [5, 5.41) is 8.21. The fourth-order valence-corrected chi connectivity index (χ4v) is 0.361. The quantitative estimate of drug-likeness (QED) is 0.440. The first-order valence-corrected chi connectivity index (χ1v) is 2.99. The minimum Gasteiger partial charge on any atom is -0.384 e. The SMILES string of the molecule is C#CCCOCC#CCO. The Bertz CT molecular complexity index is 156. The molecule has 1 N–H and O–H groups in total. The number of aliphatic hydroxyl groups is 1. The maximum atomic E-state index is 8.21. The van der Waals surface area contributed by atoms with Crippen LogP contribution in [0.5, 0.6) is 0 Å². The van der Waals surface area contributed by atoms with Crippen LogP contribution in [0, 0.1) is 24.2 Å². The van der Waals surface area contributed by atoms with Gasteiger partial charge in [-0.15, -0.1) is 12.3 Å². The second-order valence-electron chi connectivity index (χ2n) is 1.52. The van der Waals surface area contributed by atoms with Crippen molar-refractivity contribution in [2.75, 3.05) is 19.8 Å². The van der Waals surface area contributed by atoms with Gasteiger partial charge in [-0.1, -0.05) is 11.8 Å². The van der Waals surface area contributed by atoms with E-state index in [-0.39, 0.29) is 6.61 Å². The molecular weight excluding hydrogens is 128 g/mol. The largest absolute Gasteiger partial charge is 0.384 e. The van der Waals surface area contributed by atoms with Crippen LogP contribution in [0.15, 0.2) is 0 Å². The lowest BCUT2D eigenvalue weighted by Gasteiger charge is -1.91. The van der Waals surface area contributed by atoms with Crippen LogP contribution in [0.25, 0.3) is 0 Å². The van der Waals surface area contributed by atoms with E-state index in [4.69, 9.17) is 16.3 Å². The van der Waals surface area contributed by atoms with E-state index in [1.807, 2.05) is 0 Å². The molecule has 2 heteroatoms. The highest BCUT2D eigenvalue weighted by Crippen LogP contribution is 1.77. The van der Waals surface area contributed by atoms with Gasteiger partial charge in [0.15, 0.2) is 0 Å². The summed E-state index contributed by atoms with van der Waals surface area (Å²) in [6, 6.07) is 0. The maximum Gasteiger partial charge on any atom is 0.107 e. The first kappa shape index (κ1) is 9.04. The second-order valence-corrected chi connectivity index (χ2v) is 1.52. The molecule has 0 heterocycles. The molecule has 0 amide bonds. The zero-order valence-electron chi connectivity index (χ0n) is 5.76. The first-order valence-electron chi connectivity index (χ1n) is 2.99. The third-order valence-corrected chi connectivity index (χ3v) is 0.769. The summed E-state index contributed by atoms with van der Waals surface area (Å²) >= 11 is 0. The number of hydrogen-bond acceptors (Lipinski definition) is 2. The topological polar surface area (TPSA) is 29.5 Å². The number of terminal acetylenes is 1. The number of ether oxygens (including phenoxy) is 1. The number of hydrogen-bond donors (Lipinski definition) is 1. The molecule has 0 radical (unpaired) electrons. The molecule has 0 bridgehead atoms. The van der Waals surface area contributed by atoms with E-state index in [1.54, 1.807) is 0 Å². The van der Waals surface area contributed by atoms with E-state index in [0.29, 0.717) is 19.6 Å². The van der Waals surface area contributed by atoms with Crippen molar-refractivity contribution in [2.45, 2.75) is 6.42 Å². The van der Waals surface area contributed by atoms with Crippen LogP contribution in [0.1, 0.15) is 6.42 Å². The van der Waals surface area contributed by atoms with Gasteiger partial charge in [-0.2, -0.15) is 0 Å². The van der Waals surface area contributed by atoms with Crippen molar-refractivity contribution in [2.24, 2.45) is 0 Å². The predicted molar refractivity (Wildman–Crippen MR) is 39.1 cm³/mol. The first-order chi connectivity index (χ1) is 4.91. The highest BCUT2D eigenvalue weighted by Gasteiger charge is 1.78. The van der Waals surface area contributed by atoms with E-state index in [1.165, 1.54) is 0 Å². The summed E-state index contributed by atoms with van der Waals surface area (Å²) in [6.45, 7) is 0.775. The Morgan fingerprint density at radius 2 is 2.20 bits per heavy atom. The Hall–Kier alpha value is -0.960. The number of rotatable bonds is 3. The van der Waals surface area contributed by atoms with Gasteiger partial charge in [0.1, 0.15) is 13.2 Å². The summed E-state index contributed by atoms with van der Waals surface area (Å²) in [5.74, 6) is 7.49. The molecule has 0 aromatic rings. The Morgan fingerprint density at radius 1 is 1.40 bits per heavy atom. The molecular formula is C8H10O2. The highest BCUT2D eigenvalue weighted by molar-refractivity contribution is 4.98. The molecule has 0 unspecified atom stereocenters. The molecule has 0 aliphatic heterocycles. The third kappa shape index (κ3) is 7.04. The Balaban J connectivity index is 2.99. The zero-order valence-corrected chi connectivity index (χ0v) is 5.76. The Kier molecular flexibility index (Phi) is 7.27.